The summed E-state index contributed by atoms with van der Waals surface area (Å²) in [5.74, 6) is 0.647. The molecular formula is C20H17N3O3. The molecule has 1 amide bonds. The van der Waals surface area contributed by atoms with Crippen molar-refractivity contribution in [1.82, 2.24) is 9.97 Å². The molecule has 0 atom stereocenters. The molecule has 0 saturated carbocycles. The zero-order valence-electron chi connectivity index (χ0n) is 14.2. The average molecular weight is 347 g/mol. The normalized spacial score (nSPS) is 10.2. The first-order valence-corrected chi connectivity index (χ1v) is 8.03. The predicted octanol–water partition coefficient (Wildman–Crippen LogP) is 3.36. The molecule has 0 radical (unpaired) electrons. The van der Waals surface area contributed by atoms with Gasteiger partial charge in [-0.25, -0.2) is 9.97 Å². The summed E-state index contributed by atoms with van der Waals surface area (Å²) in [6.07, 6.45) is 3.09. The first-order valence-electron chi connectivity index (χ1n) is 8.03. The molecule has 0 aliphatic heterocycles. The molecule has 1 N–H and O–H groups in total. The lowest BCUT2D eigenvalue weighted by atomic mass is 10.1. The average Bonchev–Trinajstić information content (AvgIpc) is 2.68. The first-order chi connectivity index (χ1) is 12.6. The van der Waals surface area contributed by atoms with Gasteiger partial charge in [-0.3, -0.25) is 9.59 Å². The Morgan fingerprint density at radius 1 is 1.00 bits per heavy atom. The van der Waals surface area contributed by atoms with Crippen molar-refractivity contribution in [3.63, 3.8) is 0 Å². The predicted molar refractivity (Wildman–Crippen MR) is 98.0 cm³/mol. The van der Waals surface area contributed by atoms with Gasteiger partial charge in [-0.15, -0.1) is 0 Å². The van der Waals surface area contributed by atoms with E-state index in [4.69, 9.17) is 4.74 Å². The quantitative estimate of drug-likeness (QED) is 0.692. The minimum Gasteiger partial charge on any atom is -0.484 e. The van der Waals surface area contributed by atoms with Crippen molar-refractivity contribution >= 4 is 17.4 Å². The summed E-state index contributed by atoms with van der Waals surface area (Å²) in [5, 5.41) is 2.67. The van der Waals surface area contributed by atoms with Gasteiger partial charge in [0.05, 0.1) is 18.1 Å². The standard InChI is InChI=1S/C20H17N3O3/c1-14(24)16-8-5-9-18(10-16)26-13-19(25)23-17-11-21-20(22-12-17)15-6-3-2-4-7-15/h2-12H,13H2,1H3,(H,23,25). The van der Waals surface area contributed by atoms with Crippen LogP contribution in [0.3, 0.4) is 0 Å². The fourth-order valence-electron chi connectivity index (χ4n) is 2.28. The number of carbonyl (C=O) groups excluding carboxylic acids is 2. The van der Waals surface area contributed by atoms with E-state index in [1.165, 1.54) is 6.92 Å². The van der Waals surface area contributed by atoms with Gasteiger partial charge in [-0.2, -0.15) is 0 Å². The molecule has 3 aromatic rings. The molecule has 0 bridgehead atoms. The summed E-state index contributed by atoms with van der Waals surface area (Å²) in [4.78, 5) is 31.9. The number of nitrogens with zero attached hydrogens (tertiary/aromatic N) is 2. The van der Waals surface area contributed by atoms with Crippen LogP contribution in [0, 0.1) is 0 Å². The van der Waals surface area contributed by atoms with Crippen LogP contribution in [0.4, 0.5) is 5.69 Å². The van der Waals surface area contributed by atoms with Crippen LogP contribution >= 0.6 is 0 Å². The molecule has 2 aromatic carbocycles. The number of anilines is 1. The summed E-state index contributed by atoms with van der Waals surface area (Å²) in [5.41, 5.74) is 1.92. The molecule has 26 heavy (non-hydrogen) atoms. The molecule has 0 spiro atoms. The maximum absolute atomic E-state index is 12.0. The van der Waals surface area contributed by atoms with Gasteiger partial charge in [0.15, 0.2) is 18.2 Å². The van der Waals surface area contributed by atoms with Gasteiger partial charge in [-0.05, 0) is 19.1 Å². The fourth-order valence-corrected chi connectivity index (χ4v) is 2.28. The summed E-state index contributed by atoms with van der Waals surface area (Å²) < 4.78 is 5.42. The molecule has 130 valence electrons. The topological polar surface area (TPSA) is 81.2 Å². The Kier molecular flexibility index (Phi) is 5.34. The van der Waals surface area contributed by atoms with E-state index in [-0.39, 0.29) is 18.3 Å². The van der Waals surface area contributed by atoms with Crippen LogP contribution in [0.25, 0.3) is 11.4 Å². The largest absolute Gasteiger partial charge is 0.484 e. The van der Waals surface area contributed by atoms with E-state index in [0.29, 0.717) is 22.8 Å². The number of nitrogens with one attached hydrogen (secondary N) is 1. The number of rotatable bonds is 6. The Balaban J connectivity index is 1.57. The SMILES string of the molecule is CC(=O)c1cccc(OCC(=O)Nc2cnc(-c3ccccc3)nc2)c1. The number of ketones is 1. The molecule has 3 rings (SSSR count). The first kappa shape index (κ1) is 17.3. The molecule has 6 nitrogen and oxygen atoms in total. The molecular weight excluding hydrogens is 330 g/mol. The van der Waals surface area contributed by atoms with Crippen LogP contribution in [0.2, 0.25) is 0 Å². The minimum atomic E-state index is -0.339. The number of benzene rings is 2. The molecule has 1 aromatic heterocycles. The Morgan fingerprint density at radius 2 is 1.73 bits per heavy atom. The van der Waals surface area contributed by atoms with Crippen LogP contribution in [-0.2, 0) is 4.79 Å². The summed E-state index contributed by atoms with van der Waals surface area (Å²) in [7, 11) is 0. The second-order valence-electron chi connectivity index (χ2n) is 5.58. The van der Waals surface area contributed by atoms with Gasteiger partial charge >= 0.3 is 0 Å². The lowest BCUT2D eigenvalue weighted by molar-refractivity contribution is -0.118. The van der Waals surface area contributed by atoms with Crippen molar-refractivity contribution in [3.05, 3.63) is 72.6 Å². The maximum atomic E-state index is 12.0. The maximum Gasteiger partial charge on any atom is 0.262 e. The zero-order valence-corrected chi connectivity index (χ0v) is 14.2. The van der Waals surface area contributed by atoms with E-state index >= 15 is 0 Å². The van der Waals surface area contributed by atoms with Gasteiger partial charge in [0.25, 0.3) is 5.91 Å². The highest BCUT2D eigenvalue weighted by molar-refractivity contribution is 5.94. The third-order valence-corrected chi connectivity index (χ3v) is 3.58. The number of ether oxygens (including phenoxy) is 1. The van der Waals surface area contributed by atoms with Crippen LogP contribution in [0.15, 0.2) is 67.0 Å². The summed E-state index contributed by atoms with van der Waals surface area (Å²) >= 11 is 0. The molecule has 1 heterocycles. The Morgan fingerprint density at radius 3 is 2.42 bits per heavy atom. The number of carbonyl (C=O) groups is 2. The third kappa shape index (κ3) is 4.51. The van der Waals surface area contributed by atoms with E-state index in [1.54, 1.807) is 36.7 Å². The van der Waals surface area contributed by atoms with Crippen molar-refractivity contribution in [2.45, 2.75) is 6.92 Å². The van der Waals surface area contributed by atoms with Crippen molar-refractivity contribution in [2.75, 3.05) is 11.9 Å². The second kappa shape index (κ2) is 8.02. The Bertz CT molecular complexity index is 909. The van der Waals surface area contributed by atoms with Gasteiger partial charge in [0, 0.05) is 11.1 Å². The fraction of sp³-hybridized carbons (Fsp3) is 0.100. The lowest BCUT2D eigenvalue weighted by Gasteiger charge is -2.08. The molecule has 0 aliphatic rings. The Labute approximate surface area is 150 Å². The van der Waals surface area contributed by atoms with Crippen molar-refractivity contribution in [1.29, 1.82) is 0 Å². The van der Waals surface area contributed by atoms with E-state index < -0.39 is 0 Å². The van der Waals surface area contributed by atoms with Crippen LogP contribution in [0.1, 0.15) is 17.3 Å². The molecule has 6 heteroatoms. The van der Waals surface area contributed by atoms with E-state index in [2.05, 4.69) is 15.3 Å². The lowest BCUT2D eigenvalue weighted by Crippen LogP contribution is -2.20. The van der Waals surface area contributed by atoms with Crippen molar-refractivity contribution in [3.8, 4) is 17.1 Å². The van der Waals surface area contributed by atoms with Gasteiger partial charge in [0.1, 0.15) is 5.75 Å². The molecule has 0 aliphatic carbocycles. The summed E-state index contributed by atoms with van der Waals surface area (Å²) in [6, 6.07) is 16.3. The molecule has 0 unspecified atom stereocenters. The van der Waals surface area contributed by atoms with Gasteiger partial charge < -0.3 is 10.1 Å². The van der Waals surface area contributed by atoms with E-state index in [9.17, 15) is 9.59 Å². The highest BCUT2D eigenvalue weighted by Gasteiger charge is 2.07. The van der Waals surface area contributed by atoms with Crippen molar-refractivity contribution in [2.24, 2.45) is 0 Å². The van der Waals surface area contributed by atoms with E-state index in [0.717, 1.165) is 5.56 Å². The highest BCUT2D eigenvalue weighted by atomic mass is 16.5. The summed E-state index contributed by atoms with van der Waals surface area (Å²) in [6.45, 7) is 1.30. The minimum absolute atomic E-state index is 0.0597. The van der Waals surface area contributed by atoms with Crippen LogP contribution in [0.5, 0.6) is 5.75 Å². The zero-order chi connectivity index (χ0) is 18.4. The number of hydrogen-bond donors (Lipinski definition) is 1. The van der Waals surface area contributed by atoms with E-state index in [1.807, 2.05) is 30.3 Å². The smallest absolute Gasteiger partial charge is 0.262 e. The van der Waals surface area contributed by atoms with Crippen molar-refractivity contribution < 1.29 is 14.3 Å². The van der Waals surface area contributed by atoms with Gasteiger partial charge in [-0.1, -0.05) is 42.5 Å². The Hall–Kier alpha value is -3.54. The van der Waals surface area contributed by atoms with Crippen LogP contribution in [-0.4, -0.2) is 28.3 Å². The number of hydrogen-bond acceptors (Lipinski definition) is 5. The number of amides is 1. The molecule has 0 fully saturated rings. The highest BCUT2D eigenvalue weighted by Crippen LogP contribution is 2.16. The number of Topliss-reactive ketones (excluding diaryl/α,β-unsaturated/α-hetero) is 1. The molecule has 0 saturated heterocycles. The van der Waals surface area contributed by atoms with Gasteiger partial charge in [0.2, 0.25) is 0 Å². The number of aromatic nitrogens is 2. The second-order valence-corrected chi connectivity index (χ2v) is 5.58. The third-order valence-electron chi connectivity index (χ3n) is 3.58. The van der Waals surface area contributed by atoms with Crippen LogP contribution < -0.4 is 10.1 Å². The monoisotopic (exact) mass is 347 g/mol.